The third-order valence-electron chi connectivity index (χ3n) is 3.89. The topological polar surface area (TPSA) is 58.6 Å². The lowest BCUT2D eigenvalue weighted by molar-refractivity contribution is -0.138. The van der Waals surface area contributed by atoms with Crippen molar-refractivity contribution in [1.29, 1.82) is 0 Å². The maximum Gasteiger partial charge on any atom is 0.249 e. The predicted octanol–water partition coefficient (Wildman–Crippen LogP) is 1.22. The van der Waals surface area contributed by atoms with E-state index in [0.29, 0.717) is 5.92 Å². The summed E-state index contributed by atoms with van der Waals surface area (Å²) in [5.41, 5.74) is 0. The van der Waals surface area contributed by atoms with Gasteiger partial charge in [-0.05, 0) is 50.9 Å². The molecule has 1 aliphatic carbocycles. The molecule has 2 rings (SSSR count). The molecule has 0 aromatic rings. The molecule has 2 N–H and O–H groups in total. The molecule has 1 saturated heterocycles. The minimum atomic E-state index is -0.242. The molecule has 1 unspecified atom stereocenters. The van der Waals surface area contributed by atoms with Crippen LogP contribution in [-0.4, -0.2) is 36.4 Å². The number of aliphatic hydroxyl groups is 1. The Morgan fingerprint density at radius 2 is 1.94 bits per heavy atom. The van der Waals surface area contributed by atoms with Gasteiger partial charge < -0.3 is 15.2 Å². The summed E-state index contributed by atoms with van der Waals surface area (Å²) in [6, 6.07) is 0. The molecule has 2 fully saturated rings. The lowest BCUT2D eigenvalue weighted by atomic mass is 9.88. The number of rotatable bonds is 3. The van der Waals surface area contributed by atoms with Gasteiger partial charge in [0.2, 0.25) is 5.91 Å². The van der Waals surface area contributed by atoms with Gasteiger partial charge in [0.25, 0.3) is 0 Å². The van der Waals surface area contributed by atoms with Crippen LogP contribution in [0.2, 0.25) is 0 Å². The Labute approximate surface area is 103 Å². The Morgan fingerprint density at radius 3 is 2.65 bits per heavy atom. The number of nitrogens with one attached hydrogen (secondary N) is 1. The molecule has 0 aromatic carbocycles. The number of ether oxygens (including phenoxy) is 1. The van der Waals surface area contributed by atoms with Crippen LogP contribution in [0.25, 0.3) is 0 Å². The van der Waals surface area contributed by atoms with Crippen LogP contribution in [0, 0.1) is 5.92 Å². The van der Waals surface area contributed by atoms with E-state index in [4.69, 9.17) is 9.84 Å². The van der Waals surface area contributed by atoms with Crippen molar-refractivity contribution in [1.82, 2.24) is 5.32 Å². The lowest BCUT2D eigenvalue weighted by Crippen LogP contribution is -2.38. The molecule has 0 spiro atoms. The van der Waals surface area contributed by atoms with Crippen LogP contribution in [0.5, 0.6) is 0 Å². The van der Waals surface area contributed by atoms with Crippen LogP contribution in [0.4, 0.5) is 0 Å². The average molecular weight is 241 g/mol. The van der Waals surface area contributed by atoms with Gasteiger partial charge in [0.15, 0.2) is 0 Å². The standard InChI is InChI=1S/C13H23NO3/c15-9-10-4-6-11(7-5-10)17-12-3-1-2-8-14-13(12)16/h10-12,15H,1-9H2,(H,14,16). The molecule has 2 aliphatic rings. The number of hydrogen-bond acceptors (Lipinski definition) is 3. The van der Waals surface area contributed by atoms with Crippen molar-refractivity contribution < 1.29 is 14.6 Å². The second kappa shape index (κ2) is 6.36. The summed E-state index contributed by atoms with van der Waals surface area (Å²) in [4.78, 5) is 11.7. The van der Waals surface area contributed by atoms with Crippen LogP contribution >= 0.6 is 0 Å². The van der Waals surface area contributed by atoms with E-state index in [0.717, 1.165) is 51.5 Å². The number of amides is 1. The Bertz CT molecular complexity index is 249. The van der Waals surface area contributed by atoms with E-state index in [1.165, 1.54) is 0 Å². The van der Waals surface area contributed by atoms with Crippen molar-refractivity contribution in [2.24, 2.45) is 5.92 Å². The predicted molar refractivity (Wildman–Crippen MR) is 64.6 cm³/mol. The van der Waals surface area contributed by atoms with E-state index in [-0.39, 0.29) is 24.7 Å². The Morgan fingerprint density at radius 1 is 1.18 bits per heavy atom. The summed E-state index contributed by atoms with van der Waals surface area (Å²) >= 11 is 0. The van der Waals surface area contributed by atoms with Crippen LogP contribution in [0.3, 0.4) is 0 Å². The van der Waals surface area contributed by atoms with Crippen molar-refractivity contribution in [3.63, 3.8) is 0 Å². The molecule has 17 heavy (non-hydrogen) atoms. The molecule has 1 atom stereocenters. The molecule has 1 amide bonds. The fourth-order valence-electron chi connectivity index (χ4n) is 2.72. The molecule has 0 bridgehead atoms. The second-order valence-corrected chi connectivity index (χ2v) is 5.24. The Balaban J connectivity index is 1.78. The van der Waals surface area contributed by atoms with Crippen molar-refractivity contribution in [2.75, 3.05) is 13.2 Å². The van der Waals surface area contributed by atoms with Crippen molar-refractivity contribution >= 4 is 5.91 Å². The van der Waals surface area contributed by atoms with E-state index < -0.39 is 0 Å². The monoisotopic (exact) mass is 241 g/mol. The number of aliphatic hydroxyl groups excluding tert-OH is 1. The zero-order chi connectivity index (χ0) is 12.1. The van der Waals surface area contributed by atoms with Gasteiger partial charge in [-0.2, -0.15) is 0 Å². The maximum atomic E-state index is 11.7. The summed E-state index contributed by atoms with van der Waals surface area (Å²) in [6.07, 6.45) is 6.96. The molecule has 1 saturated carbocycles. The summed E-state index contributed by atoms with van der Waals surface area (Å²) in [6.45, 7) is 1.08. The van der Waals surface area contributed by atoms with Gasteiger partial charge in [-0.3, -0.25) is 4.79 Å². The highest BCUT2D eigenvalue weighted by molar-refractivity contribution is 5.80. The zero-order valence-electron chi connectivity index (χ0n) is 10.4. The van der Waals surface area contributed by atoms with Crippen LogP contribution in [-0.2, 0) is 9.53 Å². The third-order valence-corrected chi connectivity index (χ3v) is 3.89. The number of carbonyl (C=O) groups excluding carboxylic acids is 1. The van der Waals surface area contributed by atoms with Crippen molar-refractivity contribution in [3.05, 3.63) is 0 Å². The second-order valence-electron chi connectivity index (χ2n) is 5.24. The zero-order valence-corrected chi connectivity index (χ0v) is 10.4. The largest absolute Gasteiger partial charge is 0.396 e. The maximum absolute atomic E-state index is 11.7. The summed E-state index contributed by atoms with van der Waals surface area (Å²) in [7, 11) is 0. The van der Waals surface area contributed by atoms with Gasteiger partial charge in [-0.15, -0.1) is 0 Å². The molecule has 4 nitrogen and oxygen atoms in total. The number of hydrogen-bond donors (Lipinski definition) is 2. The molecule has 0 aromatic heterocycles. The Hall–Kier alpha value is -0.610. The highest BCUT2D eigenvalue weighted by Crippen LogP contribution is 2.27. The minimum absolute atomic E-state index is 0.0618. The van der Waals surface area contributed by atoms with Crippen molar-refractivity contribution in [3.8, 4) is 0 Å². The van der Waals surface area contributed by atoms with Gasteiger partial charge in [0.1, 0.15) is 6.10 Å². The van der Waals surface area contributed by atoms with E-state index in [1.54, 1.807) is 0 Å². The lowest BCUT2D eigenvalue weighted by Gasteiger charge is -2.29. The first-order chi connectivity index (χ1) is 8.29. The smallest absolute Gasteiger partial charge is 0.249 e. The molecule has 1 aliphatic heterocycles. The number of carbonyl (C=O) groups is 1. The van der Waals surface area contributed by atoms with Gasteiger partial charge in [-0.1, -0.05) is 0 Å². The van der Waals surface area contributed by atoms with Crippen LogP contribution in [0.15, 0.2) is 0 Å². The normalized spacial score (nSPS) is 35.1. The SMILES string of the molecule is O=C1NCCCCC1OC1CCC(CO)CC1. The molecule has 98 valence electrons. The fourth-order valence-corrected chi connectivity index (χ4v) is 2.72. The van der Waals surface area contributed by atoms with Gasteiger partial charge in [0, 0.05) is 13.2 Å². The van der Waals surface area contributed by atoms with E-state index in [2.05, 4.69) is 5.32 Å². The van der Waals surface area contributed by atoms with E-state index in [9.17, 15) is 4.79 Å². The molecule has 4 heteroatoms. The van der Waals surface area contributed by atoms with E-state index in [1.807, 2.05) is 0 Å². The highest BCUT2D eigenvalue weighted by atomic mass is 16.5. The van der Waals surface area contributed by atoms with Gasteiger partial charge in [-0.25, -0.2) is 0 Å². The molecular formula is C13H23NO3. The average Bonchev–Trinajstić information content (AvgIpc) is 2.56. The molecule has 0 radical (unpaired) electrons. The first-order valence-corrected chi connectivity index (χ1v) is 6.83. The van der Waals surface area contributed by atoms with Gasteiger partial charge >= 0.3 is 0 Å². The minimum Gasteiger partial charge on any atom is -0.396 e. The van der Waals surface area contributed by atoms with Gasteiger partial charge in [0.05, 0.1) is 6.10 Å². The summed E-state index contributed by atoms with van der Waals surface area (Å²) in [5.74, 6) is 0.504. The Kier molecular flexibility index (Phi) is 4.80. The van der Waals surface area contributed by atoms with Crippen LogP contribution < -0.4 is 5.32 Å². The molecular weight excluding hydrogens is 218 g/mol. The van der Waals surface area contributed by atoms with Crippen molar-refractivity contribution in [2.45, 2.75) is 57.2 Å². The third kappa shape index (κ3) is 3.68. The van der Waals surface area contributed by atoms with Crippen LogP contribution in [0.1, 0.15) is 44.9 Å². The quantitative estimate of drug-likeness (QED) is 0.781. The first kappa shape index (κ1) is 12.8. The van der Waals surface area contributed by atoms with E-state index >= 15 is 0 Å². The summed E-state index contributed by atoms with van der Waals surface area (Å²) < 4.78 is 5.92. The summed E-state index contributed by atoms with van der Waals surface area (Å²) in [5, 5.41) is 12.0. The fraction of sp³-hybridized carbons (Fsp3) is 0.923. The molecule has 1 heterocycles. The highest BCUT2D eigenvalue weighted by Gasteiger charge is 2.27. The first-order valence-electron chi connectivity index (χ1n) is 6.83.